The van der Waals surface area contributed by atoms with Crippen molar-refractivity contribution in [3.63, 3.8) is 0 Å². The summed E-state index contributed by atoms with van der Waals surface area (Å²) in [5.41, 5.74) is 1.09. The van der Waals surface area contributed by atoms with Crippen LogP contribution in [0, 0.1) is 0 Å². The minimum Gasteiger partial charge on any atom is -0.446 e. The van der Waals surface area contributed by atoms with E-state index in [2.05, 4.69) is 26.1 Å². The third-order valence-corrected chi connectivity index (χ3v) is 3.26. The fraction of sp³-hybridized carbons (Fsp3) is 0.143. The zero-order valence-electron chi connectivity index (χ0n) is 10.8. The van der Waals surface area contributed by atoms with Crippen molar-refractivity contribution in [1.82, 2.24) is 10.1 Å². The molecular weight excluding hydrogens is 322 g/mol. The molecule has 0 bridgehead atoms. The molecule has 2 aromatic heterocycles. The molecule has 1 aromatic carbocycles. The Labute approximate surface area is 124 Å². The van der Waals surface area contributed by atoms with Gasteiger partial charge in [-0.25, -0.2) is 0 Å². The third-order valence-electron chi connectivity index (χ3n) is 2.83. The highest BCUT2D eigenvalue weighted by atomic mass is 79.9. The number of rotatable bonds is 4. The van der Waals surface area contributed by atoms with E-state index in [0.717, 1.165) is 5.69 Å². The van der Waals surface area contributed by atoms with Crippen LogP contribution in [0.15, 0.2) is 56.1 Å². The van der Waals surface area contributed by atoms with E-state index in [4.69, 9.17) is 8.94 Å². The summed E-state index contributed by atoms with van der Waals surface area (Å²) in [5.74, 6) is 1.57. The van der Waals surface area contributed by atoms with Crippen molar-refractivity contribution in [1.29, 1.82) is 0 Å². The summed E-state index contributed by atoms with van der Waals surface area (Å²) < 4.78 is 11.3. The van der Waals surface area contributed by atoms with Gasteiger partial charge in [-0.3, -0.25) is 0 Å². The lowest BCUT2D eigenvalue weighted by molar-refractivity contribution is 0.377. The fourth-order valence-electron chi connectivity index (χ4n) is 1.83. The van der Waals surface area contributed by atoms with E-state index < -0.39 is 0 Å². The summed E-state index contributed by atoms with van der Waals surface area (Å²) in [4.78, 5) is 6.36. The highest BCUT2D eigenvalue weighted by Crippen LogP contribution is 2.23. The van der Waals surface area contributed by atoms with Crippen LogP contribution in [0.25, 0.3) is 11.6 Å². The second-order valence-corrected chi connectivity index (χ2v) is 5.09. The molecule has 0 radical (unpaired) electrons. The van der Waals surface area contributed by atoms with Crippen LogP contribution < -0.4 is 4.90 Å². The summed E-state index contributed by atoms with van der Waals surface area (Å²) in [6.07, 6.45) is 0. The number of hydrogen-bond acceptors (Lipinski definition) is 5. The van der Waals surface area contributed by atoms with Crippen LogP contribution in [-0.4, -0.2) is 17.2 Å². The Hall–Kier alpha value is -2.08. The SMILES string of the molecule is CN(Cc1nc(-c2ccc(Br)o2)no1)c1ccccc1. The van der Waals surface area contributed by atoms with Crippen molar-refractivity contribution < 1.29 is 8.94 Å². The van der Waals surface area contributed by atoms with E-state index in [9.17, 15) is 0 Å². The lowest BCUT2D eigenvalue weighted by atomic mass is 10.3. The van der Waals surface area contributed by atoms with Crippen LogP contribution in [0.2, 0.25) is 0 Å². The van der Waals surface area contributed by atoms with Crippen LogP contribution in [-0.2, 0) is 6.54 Å². The summed E-state index contributed by atoms with van der Waals surface area (Å²) in [6, 6.07) is 13.6. The second-order valence-electron chi connectivity index (χ2n) is 4.31. The predicted octanol–water partition coefficient (Wildman–Crippen LogP) is 3.73. The normalized spacial score (nSPS) is 10.7. The van der Waals surface area contributed by atoms with E-state index in [1.165, 1.54) is 0 Å². The van der Waals surface area contributed by atoms with Crippen molar-refractivity contribution in [2.45, 2.75) is 6.54 Å². The van der Waals surface area contributed by atoms with Crippen LogP contribution in [0.3, 0.4) is 0 Å². The third kappa shape index (κ3) is 2.75. The molecule has 0 atom stereocenters. The van der Waals surface area contributed by atoms with E-state index >= 15 is 0 Å². The fourth-order valence-corrected chi connectivity index (χ4v) is 2.14. The number of nitrogens with zero attached hydrogens (tertiary/aromatic N) is 3. The Morgan fingerprint density at radius 3 is 2.65 bits per heavy atom. The van der Waals surface area contributed by atoms with Gasteiger partial charge in [-0.15, -0.1) is 0 Å². The molecular formula is C14H12BrN3O2. The van der Waals surface area contributed by atoms with E-state index in [1.54, 1.807) is 12.1 Å². The van der Waals surface area contributed by atoms with Gasteiger partial charge >= 0.3 is 0 Å². The average Bonchev–Trinajstić information content (AvgIpc) is 3.09. The number of aromatic nitrogens is 2. The van der Waals surface area contributed by atoms with E-state index in [-0.39, 0.29) is 0 Å². The molecule has 0 amide bonds. The molecule has 5 nitrogen and oxygen atoms in total. The molecule has 0 aliphatic carbocycles. The number of benzene rings is 1. The molecule has 3 aromatic rings. The van der Waals surface area contributed by atoms with Gasteiger partial charge in [0.2, 0.25) is 11.7 Å². The number of furan rings is 1. The molecule has 0 saturated heterocycles. The first-order chi connectivity index (χ1) is 9.72. The largest absolute Gasteiger partial charge is 0.446 e. The van der Waals surface area contributed by atoms with Crippen molar-refractivity contribution >= 4 is 21.6 Å². The topological polar surface area (TPSA) is 55.3 Å². The number of para-hydroxylation sites is 1. The zero-order valence-corrected chi connectivity index (χ0v) is 12.4. The molecule has 0 unspecified atom stereocenters. The summed E-state index contributed by atoms with van der Waals surface area (Å²) in [6.45, 7) is 0.541. The van der Waals surface area contributed by atoms with Gasteiger partial charge in [0.25, 0.3) is 0 Å². The van der Waals surface area contributed by atoms with Gasteiger partial charge < -0.3 is 13.8 Å². The van der Waals surface area contributed by atoms with Gasteiger partial charge in [-0.1, -0.05) is 23.4 Å². The van der Waals surface area contributed by atoms with Crippen LogP contribution in [0.5, 0.6) is 0 Å². The number of halogens is 1. The molecule has 0 saturated carbocycles. The molecule has 0 N–H and O–H groups in total. The highest BCUT2D eigenvalue weighted by Gasteiger charge is 2.13. The standard InChI is InChI=1S/C14H12BrN3O2/c1-18(10-5-3-2-4-6-10)9-13-16-14(17-20-13)11-7-8-12(15)19-11/h2-8H,9H2,1H3. The van der Waals surface area contributed by atoms with Crippen molar-refractivity contribution in [2.75, 3.05) is 11.9 Å². The monoisotopic (exact) mass is 333 g/mol. The number of anilines is 1. The molecule has 0 aliphatic heterocycles. The summed E-state index contributed by atoms with van der Waals surface area (Å²) >= 11 is 3.25. The molecule has 20 heavy (non-hydrogen) atoms. The lowest BCUT2D eigenvalue weighted by Gasteiger charge is -2.16. The second kappa shape index (κ2) is 5.50. The summed E-state index contributed by atoms with van der Waals surface area (Å²) in [5, 5.41) is 3.92. The Bertz CT molecular complexity index is 693. The maximum Gasteiger partial charge on any atom is 0.246 e. The van der Waals surface area contributed by atoms with E-state index in [0.29, 0.717) is 28.7 Å². The quantitative estimate of drug-likeness (QED) is 0.728. The molecule has 102 valence electrons. The number of hydrogen-bond donors (Lipinski definition) is 0. The van der Waals surface area contributed by atoms with Crippen molar-refractivity contribution in [3.8, 4) is 11.6 Å². The minimum atomic E-state index is 0.451. The van der Waals surface area contributed by atoms with Gasteiger partial charge in [0.1, 0.15) is 0 Å². The molecule has 0 fully saturated rings. The molecule has 2 heterocycles. The van der Waals surface area contributed by atoms with Gasteiger partial charge in [0, 0.05) is 12.7 Å². The average molecular weight is 334 g/mol. The first kappa shape index (κ1) is 12.9. The van der Waals surface area contributed by atoms with Crippen LogP contribution >= 0.6 is 15.9 Å². The van der Waals surface area contributed by atoms with Crippen molar-refractivity contribution in [2.24, 2.45) is 0 Å². The maximum absolute atomic E-state index is 5.39. The highest BCUT2D eigenvalue weighted by molar-refractivity contribution is 9.10. The molecule has 0 spiro atoms. The Balaban J connectivity index is 1.74. The Morgan fingerprint density at radius 1 is 1.15 bits per heavy atom. The van der Waals surface area contributed by atoms with Crippen molar-refractivity contribution in [3.05, 3.63) is 53.0 Å². The first-order valence-corrected chi connectivity index (χ1v) is 6.86. The Morgan fingerprint density at radius 2 is 1.95 bits per heavy atom. The van der Waals surface area contributed by atoms with Gasteiger partial charge in [0.05, 0.1) is 6.54 Å². The van der Waals surface area contributed by atoms with Gasteiger partial charge in [0.15, 0.2) is 10.4 Å². The smallest absolute Gasteiger partial charge is 0.246 e. The summed E-state index contributed by atoms with van der Waals surface area (Å²) in [7, 11) is 1.97. The van der Waals surface area contributed by atoms with Gasteiger partial charge in [-0.2, -0.15) is 4.98 Å². The zero-order chi connectivity index (χ0) is 13.9. The maximum atomic E-state index is 5.39. The molecule has 3 rings (SSSR count). The first-order valence-electron chi connectivity index (χ1n) is 6.07. The lowest BCUT2D eigenvalue weighted by Crippen LogP contribution is -2.16. The van der Waals surface area contributed by atoms with E-state index in [1.807, 2.05) is 42.3 Å². The Kier molecular flexibility index (Phi) is 3.56. The van der Waals surface area contributed by atoms with Crippen LogP contribution in [0.1, 0.15) is 5.89 Å². The van der Waals surface area contributed by atoms with Crippen LogP contribution in [0.4, 0.5) is 5.69 Å². The molecule has 6 heteroatoms. The van der Waals surface area contributed by atoms with Gasteiger partial charge in [-0.05, 0) is 40.2 Å². The molecule has 0 aliphatic rings. The minimum absolute atomic E-state index is 0.451. The predicted molar refractivity (Wildman–Crippen MR) is 78.2 cm³/mol.